The Kier molecular flexibility index (Phi) is 3.87. The molecule has 19 heavy (non-hydrogen) atoms. The number of carboxylic acid groups (broad SMARTS) is 1. The summed E-state index contributed by atoms with van der Waals surface area (Å²) in [6.45, 7) is 0. The Balaban J connectivity index is 2.13. The van der Waals surface area contributed by atoms with E-state index in [1.54, 1.807) is 19.2 Å². The van der Waals surface area contributed by atoms with Gasteiger partial charge in [-0.05, 0) is 36.4 Å². The van der Waals surface area contributed by atoms with Crippen molar-refractivity contribution in [1.82, 2.24) is 0 Å². The van der Waals surface area contributed by atoms with Crippen molar-refractivity contribution in [1.29, 1.82) is 0 Å². The first kappa shape index (κ1) is 13.2. The maximum absolute atomic E-state index is 10.7. The number of rotatable bonds is 5. The molecule has 5 nitrogen and oxygen atoms in total. The van der Waals surface area contributed by atoms with Crippen LogP contribution in [0, 0.1) is 0 Å². The minimum atomic E-state index is -1.04. The fourth-order valence-electron chi connectivity index (χ4n) is 1.70. The Hall–Kier alpha value is -2.27. The first-order valence-corrected chi connectivity index (χ1v) is 5.81. The molecule has 0 radical (unpaired) electrons. The first-order chi connectivity index (χ1) is 9.10. The zero-order valence-electron chi connectivity index (χ0n) is 10.5. The molecule has 2 rings (SSSR count). The molecule has 0 amide bonds. The summed E-state index contributed by atoms with van der Waals surface area (Å²) in [7, 11) is 1.60. The van der Waals surface area contributed by atoms with Gasteiger partial charge < -0.3 is 20.0 Å². The van der Waals surface area contributed by atoms with E-state index in [9.17, 15) is 4.79 Å². The van der Waals surface area contributed by atoms with Gasteiger partial charge in [-0.1, -0.05) is 0 Å². The molecule has 0 bridgehead atoms. The molecule has 1 heterocycles. The second-order valence-electron chi connectivity index (χ2n) is 4.14. The number of furan rings is 1. The highest BCUT2D eigenvalue weighted by Crippen LogP contribution is 2.24. The van der Waals surface area contributed by atoms with E-state index in [2.05, 4.69) is 0 Å². The Labute approximate surface area is 110 Å². The molecule has 0 saturated heterocycles. The molecule has 3 N–H and O–H groups in total. The summed E-state index contributed by atoms with van der Waals surface area (Å²) in [5.41, 5.74) is 6.36. The number of aliphatic carboxylic acids is 1. The van der Waals surface area contributed by atoms with Crippen LogP contribution in [0.3, 0.4) is 0 Å². The van der Waals surface area contributed by atoms with Crippen LogP contribution >= 0.6 is 0 Å². The van der Waals surface area contributed by atoms with Crippen LogP contribution < -0.4 is 10.5 Å². The number of methoxy groups -OCH3 is 1. The fraction of sp³-hybridized carbons (Fsp3) is 0.214. The Morgan fingerprint density at radius 1 is 1.32 bits per heavy atom. The summed E-state index contributed by atoms with van der Waals surface area (Å²) in [4.78, 5) is 10.7. The van der Waals surface area contributed by atoms with Crippen LogP contribution in [0.4, 0.5) is 0 Å². The second-order valence-corrected chi connectivity index (χ2v) is 4.14. The fourth-order valence-corrected chi connectivity index (χ4v) is 1.70. The van der Waals surface area contributed by atoms with Gasteiger partial charge >= 0.3 is 5.97 Å². The minimum absolute atomic E-state index is 0.172. The maximum Gasteiger partial charge on any atom is 0.320 e. The zero-order chi connectivity index (χ0) is 13.8. The highest BCUT2D eigenvalue weighted by molar-refractivity contribution is 5.73. The van der Waals surface area contributed by atoms with Crippen molar-refractivity contribution in [2.24, 2.45) is 5.73 Å². The normalized spacial score (nSPS) is 12.1. The van der Waals surface area contributed by atoms with E-state index in [-0.39, 0.29) is 6.42 Å². The van der Waals surface area contributed by atoms with Crippen molar-refractivity contribution >= 4 is 5.97 Å². The number of ether oxygens (including phenoxy) is 1. The van der Waals surface area contributed by atoms with Gasteiger partial charge in [0.2, 0.25) is 0 Å². The number of benzene rings is 1. The predicted molar refractivity (Wildman–Crippen MR) is 70.0 cm³/mol. The monoisotopic (exact) mass is 261 g/mol. The van der Waals surface area contributed by atoms with E-state index in [0.29, 0.717) is 11.5 Å². The molecule has 1 aromatic heterocycles. The molecule has 0 fully saturated rings. The van der Waals surface area contributed by atoms with Crippen LogP contribution in [0.15, 0.2) is 40.8 Å². The average Bonchev–Trinajstić information content (AvgIpc) is 2.87. The molecule has 0 spiro atoms. The van der Waals surface area contributed by atoms with E-state index < -0.39 is 12.0 Å². The molecule has 1 unspecified atom stereocenters. The van der Waals surface area contributed by atoms with E-state index in [1.807, 2.05) is 24.3 Å². The number of carbonyl (C=O) groups is 1. The smallest absolute Gasteiger partial charge is 0.320 e. The molecule has 100 valence electrons. The SMILES string of the molecule is COc1ccc(-c2ccc(CC(N)C(=O)O)o2)cc1. The Morgan fingerprint density at radius 3 is 2.58 bits per heavy atom. The molecule has 1 aromatic carbocycles. The topological polar surface area (TPSA) is 85.7 Å². The lowest BCUT2D eigenvalue weighted by atomic mass is 10.1. The van der Waals surface area contributed by atoms with Crippen LogP contribution in [-0.4, -0.2) is 24.2 Å². The Morgan fingerprint density at radius 2 is 2.00 bits per heavy atom. The van der Waals surface area contributed by atoms with E-state index in [1.165, 1.54) is 0 Å². The minimum Gasteiger partial charge on any atom is -0.497 e. The van der Waals surface area contributed by atoms with Crippen molar-refractivity contribution in [3.63, 3.8) is 0 Å². The van der Waals surface area contributed by atoms with Crippen LogP contribution in [0.25, 0.3) is 11.3 Å². The van der Waals surface area contributed by atoms with Crippen LogP contribution in [0.1, 0.15) is 5.76 Å². The van der Waals surface area contributed by atoms with E-state index >= 15 is 0 Å². The van der Waals surface area contributed by atoms with Crippen LogP contribution in [-0.2, 0) is 11.2 Å². The maximum atomic E-state index is 10.7. The predicted octanol–water partition coefficient (Wildman–Crippen LogP) is 1.91. The molecule has 0 aliphatic heterocycles. The van der Waals surface area contributed by atoms with Crippen molar-refractivity contribution in [2.75, 3.05) is 7.11 Å². The van der Waals surface area contributed by atoms with Crippen LogP contribution in [0.5, 0.6) is 5.75 Å². The van der Waals surface area contributed by atoms with Gasteiger partial charge in [-0.25, -0.2) is 0 Å². The van der Waals surface area contributed by atoms with Gasteiger partial charge in [0.1, 0.15) is 23.3 Å². The summed E-state index contributed by atoms with van der Waals surface area (Å²) < 4.78 is 10.7. The number of carboxylic acids is 1. The molecule has 0 aliphatic rings. The summed E-state index contributed by atoms with van der Waals surface area (Å²) in [6, 6.07) is 10.0. The van der Waals surface area contributed by atoms with Crippen molar-refractivity contribution in [3.8, 4) is 17.1 Å². The molecule has 0 aliphatic carbocycles. The van der Waals surface area contributed by atoms with E-state index in [0.717, 1.165) is 11.3 Å². The highest BCUT2D eigenvalue weighted by Gasteiger charge is 2.15. The van der Waals surface area contributed by atoms with Crippen molar-refractivity contribution in [2.45, 2.75) is 12.5 Å². The molecular formula is C14H15NO4. The summed E-state index contributed by atoms with van der Waals surface area (Å²) in [5.74, 6) is 0.960. The van der Waals surface area contributed by atoms with Crippen molar-refractivity contribution in [3.05, 3.63) is 42.2 Å². The van der Waals surface area contributed by atoms with Gasteiger partial charge in [-0.15, -0.1) is 0 Å². The van der Waals surface area contributed by atoms with E-state index in [4.69, 9.17) is 20.0 Å². The van der Waals surface area contributed by atoms with Gasteiger partial charge in [0, 0.05) is 12.0 Å². The lowest BCUT2D eigenvalue weighted by molar-refractivity contribution is -0.138. The largest absolute Gasteiger partial charge is 0.497 e. The molecule has 0 saturated carbocycles. The third-order valence-corrected chi connectivity index (χ3v) is 2.77. The van der Waals surface area contributed by atoms with Gasteiger partial charge in [0.25, 0.3) is 0 Å². The third kappa shape index (κ3) is 3.14. The number of nitrogens with two attached hydrogens (primary N) is 1. The average molecular weight is 261 g/mol. The van der Waals surface area contributed by atoms with Crippen LogP contribution in [0.2, 0.25) is 0 Å². The molecule has 5 heteroatoms. The zero-order valence-corrected chi connectivity index (χ0v) is 10.5. The molecule has 2 aromatic rings. The standard InChI is InChI=1S/C14H15NO4/c1-18-10-4-2-9(3-5-10)13-7-6-11(19-13)8-12(15)14(16)17/h2-7,12H,8,15H2,1H3,(H,16,17). The lowest BCUT2D eigenvalue weighted by Crippen LogP contribution is -2.32. The van der Waals surface area contributed by atoms with Gasteiger partial charge in [0.15, 0.2) is 0 Å². The quantitative estimate of drug-likeness (QED) is 0.858. The van der Waals surface area contributed by atoms with Gasteiger partial charge in [-0.2, -0.15) is 0 Å². The van der Waals surface area contributed by atoms with Gasteiger partial charge in [-0.3, -0.25) is 4.79 Å². The summed E-state index contributed by atoms with van der Waals surface area (Å²) in [6.07, 6.45) is 0.172. The first-order valence-electron chi connectivity index (χ1n) is 5.81. The number of hydrogen-bond donors (Lipinski definition) is 2. The van der Waals surface area contributed by atoms with Crippen molar-refractivity contribution < 1.29 is 19.1 Å². The second kappa shape index (κ2) is 5.58. The molecule has 1 atom stereocenters. The molecular weight excluding hydrogens is 246 g/mol. The lowest BCUT2D eigenvalue weighted by Gasteiger charge is -2.03. The summed E-state index contributed by atoms with van der Waals surface area (Å²) in [5, 5.41) is 8.74. The van der Waals surface area contributed by atoms with Gasteiger partial charge in [0.05, 0.1) is 7.11 Å². The Bertz CT molecular complexity index is 559. The highest BCUT2D eigenvalue weighted by atomic mass is 16.5. The third-order valence-electron chi connectivity index (χ3n) is 2.77. The number of hydrogen-bond acceptors (Lipinski definition) is 4. The summed E-state index contributed by atoms with van der Waals surface area (Å²) >= 11 is 0.